The molecule has 5 rings (SSSR count). The molecule has 2 heteroatoms. The van der Waals surface area contributed by atoms with Gasteiger partial charge in [-0.25, -0.2) is 0 Å². The Morgan fingerprint density at radius 2 is 1.27 bits per heavy atom. The Bertz CT molecular complexity index is 807. The van der Waals surface area contributed by atoms with Gasteiger partial charge in [0.05, 0.1) is 11.7 Å². The lowest BCUT2D eigenvalue weighted by atomic mass is 9.68. The van der Waals surface area contributed by atoms with Crippen molar-refractivity contribution in [3.8, 4) is 0 Å². The molecule has 3 fully saturated rings. The lowest BCUT2D eigenvalue weighted by molar-refractivity contribution is -0.0334. The van der Waals surface area contributed by atoms with Crippen LogP contribution in [0.25, 0.3) is 0 Å². The first-order chi connectivity index (χ1) is 14.7. The summed E-state index contributed by atoms with van der Waals surface area (Å²) in [7, 11) is 0. The third kappa shape index (κ3) is 3.52. The second kappa shape index (κ2) is 8.48. The highest BCUT2D eigenvalue weighted by Crippen LogP contribution is 2.61. The van der Waals surface area contributed by atoms with Gasteiger partial charge in [0.1, 0.15) is 0 Å². The second-order valence-electron chi connectivity index (χ2n) is 8.44. The minimum Gasteiger partial charge on any atom is -0.392 e. The Hall–Kier alpha value is -1.64. The van der Waals surface area contributed by atoms with E-state index in [1.807, 2.05) is 75.6 Å². The molecule has 0 bridgehead atoms. The van der Waals surface area contributed by atoms with E-state index >= 15 is 0 Å². The molecule has 2 N–H and O–H groups in total. The topological polar surface area (TPSA) is 40.5 Å². The summed E-state index contributed by atoms with van der Waals surface area (Å²) in [5.74, 6) is 1.47. The maximum atomic E-state index is 12.2. The molecule has 150 valence electrons. The van der Waals surface area contributed by atoms with Gasteiger partial charge >= 0.3 is 0 Å². The number of benzene rings is 2. The quantitative estimate of drug-likeness (QED) is 0.785. The van der Waals surface area contributed by atoms with E-state index in [1.165, 1.54) is 5.56 Å². The molecule has 0 saturated heterocycles. The van der Waals surface area contributed by atoms with Gasteiger partial charge in [-0.15, -0.1) is 0 Å². The highest BCUT2D eigenvalue weighted by molar-refractivity contribution is 5.49. The van der Waals surface area contributed by atoms with Crippen LogP contribution in [0.1, 0.15) is 29.4 Å². The summed E-state index contributed by atoms with van der Waals surface area (Å²) in [5.41, 5.74) is 1.24. The van der Waals surface area contributed by atoms with Crippen molar-refractivity contribution in [2.45, 2.75) is 30.0 Å². The smallest absolute Gasteiger partial charge is 0.0781 e. The van der Waals surface area contributed by atoms with Crippen LogP contribution in [-0.2, 0) is 0 Å². The van der Waals surface area contributed by atoms with Crippen LogP contribution in [0.15, 0.2) is 60.7 Å². The van der Waals surface area contributed by atoms with Crippen LogP contribution in [0.4, 0.5) is 0 Å². The van der Waals surface area contributed by atoms with Gasteiger partial charge < -0.3 is 10.2 Å². The molecule has 0 heterocycles. The molecule has 0 spiro atoms. The zero-order chi connectivity index (χ0) is 20.6. The molecule has 0 unspecified atom stereocenters. The summed E-state index contributed by atoms with van der Waals surface area (Å²) < 4.78 is 0. The fraction of sp³-hybridized carbons (Fsp3) is 0.214. The van der Waals surface area contributed by atoms with E-state index < -0.39 is 11.7 Å². The van der Waals surface area contributed by atoms with E-state index in [4.69, 9.17) is 0 Å². The predicted molar refractivity (Wildman–Crippen MR) is 118 cm³/mol. The van der Waals surface area contributed by atoms with Crippen LogP contribution in [-0.4, -0.2) is 21.9 Å². The number of hydrogen-bond donors (Lipinski definition) is 2. The number of aliphatic hydroxyl groups excluding tert-OH is 1. The second-order valence-corrected chi connectivity index (χ2v) is 8.44. The highest BCUT2D eigenvalue weighted by Gasteiger charge is 2.60. The fourth-order valence-electron chi connectivity index (χ4n) is 5.51. The van der Waals surface area contributed by atoms with Gasteiger partial charge in [-0.2, -0.15) is 0 Å². The summed E-state index contributed by atoms with van der Waals surface area (Å²) in [4.78, 5) is 0. The summed E-state index contributed by atoms with van der Waals surface area (Å²) in [6.45, 7) is 0. The lowest BCUT2D eigenvalue weighted by Crippen LogP contribution is -2.48. The first-order valence-electron chi connectivity index (χ1n) is 10.6. The molecule has 5 atom stereocenters. The van der Waals surface area contributed by atoms with Crippen molar-refractivity contribution in [2.75, 3.05) is 0 Å². The van der Waals surface area contributed by atoms with Crippen LogP contribution < -0.4 is 0 Å². The minimum atomic E-state index is -1.12. The van der Waals surface area contributed by atoms with E-state index in [0.29, 0.717) is 6.42 Å². The SMILES string of the molecule is O[C@@H]([C]1[CH][CH][CH][CH]1)[C@@H]1[C@@H](c2ccccc2)[C@@H](c2ccccc2)C[C@@]1(O)[C]1[CH][CH][CH][CH]1. The van der Waals surface area contributed by atoms with E-state index in [-0.39, 0.29) is 17.8 Å². The van der Waals surface area contributed by atoms with E-state index in [1.54, 1.807) is 0 Å². The predicted octanol–water partition coefficient (Wildman–Crippen LogP) is 4.48. The van der Waals surface area contributed by atoms with Gasteiger partial charge in [0.25, 0.3) is 0 Å². The molecular weight excluding hydrogens is 368 g/mol. The minimum absolute atomic E-state index is 0.0154. The molecule has 2 aromatic carbocycles. The van der Waals surface area contributed by atoms with Crippen LogP contribution >= 0.6 is 0 Å². The van der Waals surface area contributed by atoms with Crippen molar-refractivity contribution in [3.05, 3.63) is 135 Å². The summed E-state index contributed by atoms with van der Waals surface area (Å²) in [5, 5.41) is 23.8. The average molecular weight is 395 g/mol. The maximum Gasteiger partial charge on any atom is 0.0781 e. The zero-order valence-corrected chi connectivity index (χ0v) is 16.8. The van der Waals surface area contributed by atoms with Crippen LogP contribution in [0, 0.1) is 69.1 Å². The van der Waals surface area contributed by atoms with Crippen molar-refractivity contribution in [1.82, 2.24) is 0 Å². The number of hydrogen-bond acceptors (Lipinski definition) is 2. The third-order valence-corrected chi connectivity index (χ3v) is 6.85. The molecule has 30 heavy (non-hydrogen) atoms. The lowest BCUT2D eigenvalue weighted by Gasteiger charge is -2.41. The van der Waals surface area contributed by atoms with Crippen molar-refractivity contribution < 1.29 is 10.2 Å². The number of rotatable bonds is 5. The third-order valence-electron chi connectivity index (χ3n) is 6.85. The van der Waals surface area contributed by atoms with Crippen molar-refractivity contribution in [2.24, 2.45) is 5.92 Å². The monoisotopic (exact) mass is 394 g/mol. The van der Waals surface area contributed by atoms with Crippen molar-refractivity contribution >= 4 is 0 Å². The Balaban J connectivity index is 1.62. The van der Waals surface area contributed by atoms with Gasteiger partial charge in [-0.3, -0.25) is 0 Å². The Kier molecular flexibility index (Phi) is 5.73. The first kappa shape index (κ1) is 20.3. The van der Waals surface area contributed by atoms with Crippen LogP contribution in [0.3, 0.4) is 0 Å². The number of aliphatic hydroxyl groups is 2. The van der Waals surface area contributed by atoms with Gasteiger partial charge in [0, 0.05) is 17.8 Å². The molecular formula is C28H26O2. The molecule has 0 aliphatic heterocycles. The van der Waals surface area contributed by atoms with Gasteiger partial charge in [0.2, 0.25) is 0 Å². The molecule has 2 aromatic rings. The summed E-state index contributed by atoms with van der Waals surface area (Å²) in [6, 6.07) is 20.8. The van der Waals surface area contributed by atoms with Crippen molar-refractivity contribution in [3.63, 3.8) is 0 Å². The zero-order valence-electron chi connectivity index (χ0n) is 16.8. The first-order valence-corrected chi connectivity index (χ1v) is 10.6. The normalized spacial score (nSPS) is 33.9. The van der Waals surface area contributed by atoms with E-state index in [2.05, 4.69) is 36.4 Å². The van der Waals surface area contributed by atoms with Gasteiger partial charge in [-0.1, -0.05) is 60.7 Å². The molecule has 0 aromatic heterocycles. The molecule has 2 nitrogen and oxygen atoms in total. The summed E-state index contributed by atoms with van der Waals surface area (Å²) in [6.07, 6.45) is 15.5. The largest absolute Gasteiger partial charge is 0.392 e. The van der Waals surface area contributed by atoms with Gasteiger partial charge in [-0.05, 0) is 80.8 Å². The standard InChI is InChI=1S/C28H26O2/c29-27(22-15-7-8-16-22)26-25(21-13-5-2-6-14-21)24(20-11-3-1-4-12-20)19-28(26,30)23-17-9-10-18-23/h1-18,24-27,29-30H,19H2/t24-,25+,26+,27+,28-/m1/s1. The summed E-state index contributed by atoms with van der Waals surface area (Å²) >= 11 is 0. The van der Waals surface area contributed by atoms with E-state index in [9.17, 15) is 10.2 Å². The molecule has 0 amide bonds. The highest BCUT2D eigenvalue weighted by atomic mass is 16.3. The fourth-order valence-corrected chi connectivity index (χ4v) is 5.51. The van der Waals surface area contributed by atoms with Crippen LogP contribution in [0.2, 0.25) is 0 Å². The van der Waals surface area contributed by atoms with E-state index in [0.717, 1.165) is 17.4 Å². The Morgan fingerprint density at radius 1 is 0.733 bits per heavy atom. The molecule has 10 radical (unpaired) electrons. The Labute approximate surface area is 181 Å². The molecule has 3 aliphatic rings. The molecule has 3 aliphatic carbocycles. The van der Waals surface area contributed by atoms with Gasteiger partial charge in [0.15, 0.2) is 0 Å². The molecule has 3 saturated carbocycles. The average Bonchev–Trinajstić information content (AvgIpc) is 3.55. The van der Waals surface area contributed by atoms with Crippen LogP contribution in [0.5, 0.6) is 0 Å². The maximum absolute atomic E-state index is 12.2. The van der Waals surface area contributed by atoms with Crippen molar-refractivity contribution in [1.29, 1.82) is 0 Å². The Morgan fingerprint density at radius 3 is 1.87 bits per heavy atom.